The third-order valence-corrected chi connectivity index (χ3v) is 6.06. The van der Waals surface area contributed by atoms with Gasteiger partial charge in [0.15, 0.2) is 5.16 Å². The molecule has 8 heteroatoms. The minimum atomic E-state index is -0.411. The fraction of sp³-hybridized carbons (Fsp3) is 0.385. The van der Waals surface area contributed by atoms with E-state index in [0.717, 1.165) is 29.0 Å². The number of carbonyl (C=O) groups excluding carboxylic acids is 1. The lowest BCUT2D eigenvalue weighted by atomic mass is 10.1. The molecule has 0 aliphatic heterocycles. The van der Waals surface area contributed by atoms with Gasteiger partial charge in [-0.2, -0.15) is 0 Å². The molecular formula is C26H33N5O2S. The van der Waals surface area contributed by atoms with Gasteiger partial charge in [-0.25, -0.2) is 19.7 Å². The summed E-state index contributed by atoms with van der Waals surface area (Å²) >= 11 is 1.53. The number of nitrogens with one attached hydrogen (secondary N) is 1. The molecule has 2 aromatic heterocycles. The fourth-order valence-electron chi connectivity index (χ4n) is 3.39. The first-order valence-corrected chi connectivity index (χ1v) is 12.3. The molecule has 3 aromatic rings. The van der Waals surface area contributed by atoms with Crippen LogP contribution < -0.4 is 4.90 Å². The number of para-hydroxylation sites is 2. The molecular weight excluding hydrogens is 446 g/mol. The van der Waals surface area contributed by atoms with Crippen LogP contribution in [-0.2, 0) is 10.5 Å². The van der Waals surface area contributed by atoms with Gasteiger partial charge in [-0.05, 0) is 58.7 Å². The summed E-state index contributed by atoms with van der Waals surface area (Å²) < 4.78 is 5.54. The number of hydrogen-bond donors (Lipinski definition) is 1. The van der Waals surface area contributed by atoms with Crippen molar-refractivity contribution in [3.05, 3.63) is 64.6 Å². The van der Waals surface area contributed by atoms with Gasteiger partial charge in [-0.15, -0.1) is 0 Å². The number of H-pyrrole nitrogens is 1. The molecule has 0 saturated heterocycles. The molecule has 0 spiro atoms. The summed E-state index contributed by atoms with van der Waals surface area (Å²) in [7, 11) is 3.73. The van der Waals surface area contributed by atoms with E-state index >= 15 is 0 Å². The second-order valence-corrected chi connectivity index (χ2v) is 9.60. The molecule has 1 N–H and O–H groups in total. The van der Waals surface area contributed by atoms with Gasteiger partial charge in [0.2, 0.25) is 0 Å². The normalized spacial score (nSPS) is 11.5. The third-order valence-electron chi connectivity index (χ3n) is 5.19. The van der Waals surface area contributed by atoms with E-state index in [2.05, 4.69) is 46.8 Å². The van der Waals surface area contributed by atoms with E-state index in [1.54, 1.807) is 0 Å². The molecule has 2 heterocycles. The Morgan fingerprint density at radius 3 is 2.59 bits per heavy atom. The van der Waals surface area contributed by atoms with Crippen LogP contribution in [0.4, 0.5) is 5.82 Å². The number of esters is 1. The Morgan fingerprint density at radius 2 is 1.88 bits per heavy atom. The van der Waals surface area contributed by atoms with Gasteiger partial charge in [0, 0.05) is 14.1 Å². The van der Waals surface area contributed by atoms with Crippen molar-refractivity contribution in [1.29, 1.82) is 0 Å². The summed E-state index contributed by atoms with van der Waals surface area (Å²) in [5, 5.41) is 0.809. The third kappa shape index (κ3) is 6.93. The number of hydrogen-bond acceptors (Lipinski definition) is 7. The van der Waals surface area contributed by atoms with Crippen LogP contribution in [0.25, 0.3) is 11.0 Å². The van der Waals surface area contributed by atoms with E-state index in [1.165, 1.54) is 22.9 Å². The maximum Gasteiger partial charge on any atom is 0.344 e. The van der Waals surface area contributed by atoms with Gasteiger partial charge in [0.25, 0.3) is 0 Å². The van der Waals surface area contributed by atoms with Crippen molar-refractivity contribution in [2.45, 2.75) is 51.4 Å². The highest BCUT2D eigenvalue weighted by molar-refractivity contribution is 7.98. The number of rotatable bonds is 10. The van der Waals surface area contributed by atoms with Crippen LogP contribution in [0.15, 0.2) is 52.7 Å². The number of aromatic amines is 1. The second kappa shape index (κ2) is 11.8. The van der Waals surface area contributed by atoms with E-state index in [4.69, 9.17) is 4.74 Å². The van der Waals surface area contributed by atoms with Crippen molar-refractivity contribution in [1.82, 2.24) is 19.9 Å². The first-order valence-electron chi connectivity index (χ1n) is 11.3. The van der Waals surface area contributed by atoms with Gasteiger partial charge in [-0.3, -0.25) is 0 Å². The van der Waals surface area contributed by atoms with Crippen LogP contribution in [0, 0.1) is 6.92 Å². The number of thioether (sulfide) groups is 1. The zero-order valence-corrected chi connectivity index (χ0v) is 21.6. The molecule has 34 heavy (non-hydrogen) atoms. The number of nitrogens with zero attached hydrogens (tertiary/aromatic N) is 4. The van der Waals surface area contributed by atoms with E-state index in [0.29, 0.717) is 28.7 Å². The van der Waals surface area contributed by atoms with Gasteiger partial charge < -0.3 is 14.6 Å². The Bertz CT molecular complexity index is 1180. The second-order valence-electron chi connectivity index (χ2n) is 8.64. The molecule has 180 valence electrons. The molecule has 7 nitrogen and oxygen atoms in total. The number of aromatic nitrogens is 4. The molecule has 3 rings (SSSR count). The molecule has 0 aliphatic carbocycles. The highest BCUT2D eigenvalue weighted by atomic mass is 32.2. The summed E-state index contributed by atoms with van der Waals surface area (Å²) in [5.74, 6) is 1.32. The first-order chi connectivity index (χ1) is 16.2. The van der Waals surface area contributed by atoms with Crippen molar-refractivity contribution in [2.75, 3.05) is 25.6 Å². The Morgan fingerprint density at radius 1 is 1.12 bits per heavy atom. The average Bonchev–Trinajstić information content (AvgIpc) is 3.20. The molecule has 0 atom stereocenters. The van der Waals surface area contributed by atoms with Crippen molar-refractivity contribution in [3.8, 4) is 0 Å². The molecule has 1 aromatic carbocycles. The number of fused-ring (bicyclic) bond motifs is 1. The average molecular weight is 480 g/mol. The zero-order chi connectivity index (χ0) is 24.7. The van der Waals surface area contributed by atoms with Crippen molar-refractivity contribution in [2.24, 2.45) is 0 Å². The number of anilines is 1. The largest absolute Gasteiger partial charge is 0.458 e. The van der Waals surface area contributed by atoms with Crippen LogP contribution in [0.3, 0.4) is 0 Å². The highest BCUT2D eigenvalue weighted by Crippen LogP contribution is 2.25. The maximum absolute atomic E-state index is 12.9. The minimum absolute atomic E-state index is 0.232. The molecule has 0 amide bonds. The number of ether oxygens (including phenoxy) is 1. The van der Waals surface area contributed by atoms with Gasteiger partial charge >= 0.3 is 5.97 Å². The number of allylic oxidation sites excluding steroid dienone is 3. The van der Waals surface area contributed by atoms with E-state index < -0.39 is 5.97 Å². The number of carbonyl (C=O) groups is 1. The smallest absolute Gasteiger partial charge is 0.344 e. The van der Waals surface area contributed by atoms with E-state index in [1.807, 2.05) is 56.3 Å². The lowest BCUT2D eigenvalue weighted by Crippen LogP contribution is -2.20. The van der Waals surface area contributed by atoms with Gasteiger partial charge in [0.1, 0.15) is 23.8 Å². The van der Waals surface area contributed by atoms with Crippen LogP contribution in [0.5, 0.6) is 0 Å². The predicted molar refractivity (Wildman–Crippen MR) is 139 cm³/mol. The fourth-order valence-corrected chi connectivity index (χ4v) is 4.13. The summed E-state index contributed by atoms with van der Waals surface area (Å²) in [6.45, 7) is 8.30. The van der Waals surface area contributed by atoms with Gasteiger partial charge in [0.05, 0.1) is 22.5 Å². The van der Waals surface area contributed by atoms with E-state index in [-0.39, 0.29) is 6.61 Å². The summed E-state index contributed by atoms with van der Waals surface area (Å²) in [6.07, 6.45) is 6.11. The number of aryl methyl sites for hydroxylation is 1. The van der Waals surface area contributed by atoms with Crippen molar-refractivity contribution in [3.63, 3.8) is 0 Å². The Balaban J connectivity index is 1.67. The Kier molecular flexibility index (Phi) is 8.87. The molecule has 0 unspecified atom stereocenters. The molecule has 0 radical (unpaired) electrons. The summed E-state index contributed by atoms with van der Waals surface area (Å²) in [5.41, 5.74) is 5.44. The zero-order valence-electron chi connectivity index (χ0n) is 20.8. The van der Waals surface area contributed by atoms with Crippen molar-refractivity contribution < 1.29 is 9.53 Å². The summed E-state index contributed by atoms with van der Waals surface area (Å²) in [4.78, 5) is 31.8. The SMILES string of the molecule is CC(C)=CCC/C(C)=C/COC(=O)c1c(C)nc(CSc2nc3ccccc3[nH]2)nc1N(C)C. The predicted octanol–water partition coefficient (Wildman–Crippen LogP) is 5.87. The lowest BCUT2D eigenvalue weighted by molar-refractivity contribution is 0.0547. The van der Waals surface area contributed by atoms with E-state index in [9.17, 15) is 4.79 Å². The minimum Gasteiger partial charge on any atom is -0.458 e. The van der Waals surface area contributed by atoms with Crippen LogP contribution >= 0.6 is 11.8 Å². The lowest BCUT2D eigenvalue weighted by Gasteiger charge is -2.18. The monoisotopic (exact) mass is 479 g/mol. The Hall–Kier alpha value is -3.13. The quantitative estimate of drug-likeness (QED) is 0.221. The standard InChI is InChI=1S/C26H33N5O2S/c1-17(2)10-9-11-18(3)14-15-33-25(32)23-19(4)27-22(30-24(23)31(5)6)16-34-26-28-20-12-7-8-13-21(20)29-26/h7-8,10,12-14H,9,11,15-16H2,1-6H3,(H,28,29)/b18-14+. The number of benzene rings is 1. The van der Waals surface area contributed by atoms with Crippen LogP contribution in [-0.4, -0.2) is 46.6 Å². The maximum atomic E-state index is 12.9. The molecule has 0 saturated carbocycles. The highest BCUT2D eigenvalue weighted by Gasteiger charge is 2.21. The number of imidazole rings is 1. The summed E-state index contributed by atoms with van der Waals surface area (Å²) in [6, 6.07) is 7.91. The molecule has 0 fully saturated rings. The molecule has 0 aliphatic rings. The Labute approximate surface area is 205 Å². The molecule has 0 bridgehead atoms. The van der Waals surface area contributed by atoms with Crippen LogP contribution in [0.2, 0.25) is 0 Å². The van der Waals surface area contributed by atoms with Crippen LogP contribution in [0.1, 0.15) is 55.5 Å². The first kappa shape index (κ1) is 25.5. The van der Waals surface area contributed by atoms with Gasteiger partial charge in [-0.1, -0.05) is 41.1 Å². The van der Waals surface area contributed by atoms with Crippen molar-refractivity contribution >= 4 is 34.6 Å². The topological polar surface area (TPSA) is 84.0 Å².